The van der Waals surface area contributed by atoms with Crippen molar-refractivity contribution in [1.29, 1.82) is 0 Å². The largest absolute Gasteiger partial charge is 0.351 e. The number of hydrogen-bond donors (Lipinski definition) is 3. The molecular weight excluding hydrogens is 404 g/mol. The molecule has 2 heterocycles. The SMILES string of the molecule is Cc1nc(CC(C)C)c(CN)c(-c2ccc(CN)cc2)c1CC(=O)NCc1cccs1. The molecule has 0 fully saturated rings. The van der Waals surface area contributed by atoms with Gasteiger partial charge in [0, 0.05) is 29.4 Å². The lowest BCUT2D eigenvalue weighted by Crippen LogP contribution is -2.25. The van der Waals surface area contributed by atoms with Gasteiger partial charge in [0.15, 0.2) is 0 Å². The van der Waals surface area contributed by atoms with Crippen LogP contribution in [0.15, 0.2) is 41.8 Å². The maximum atomic E-state index is 12.8. The van der Waals surface area contributed by atoms with Gasteiger partial charge in [0.25, 0.3) is 0 Å². The van der Waals surface area contributed by atoms with Gasteiger partial charge in [-0.3, -0.25) is 9.78 Å². The van der Waals surface area contributed by atoms with E-state index in [1.54, 1.807) is 11.3 Å². The van der Waals surface area contributed by atoms with E-state index in [0.717, 1.165) is 50.5 Å². The summed E-state index contributed by atoms with van der Waals surface area (Å²) < 4.78 is 0. The summed E-state index contributed by atoms with van der Waals surface area (Å²) in [5.41, 5.74) is 19.1. The van der Waals surface area contributed by atoms with E-state index in [1.807, 2.05) is 36.6 Å². The molecule has 3 aromatic rings. The number of nitrogens with one attached hydrogen (secondary N) is 1. The molecule has 0 radical (unpaired) electrons. The molecule has 0 saturated carbocycles. The van der Waals surface area contributed by atoms with E-state index in [1.165, 1.54) is 0 Å². The number of hydrogen-bond acceptors (Lipinski definition) is 5. The number of aromatic nitrogens is 1. The Bertz CT molecular complexity index is 1010. The summed E-state index contributed by atoms with van der Waals surface area (Å²) in [5, 5.41) is 5.05. The van der Waals surface area contributed by atoms with Gasteiger partial charge >= 0.3 is 0 Å². The smallest absolute Gasteiger partial charge is 0.224 e. The highest BCUT2D eigenvalue weighted by molar-refractivity contribution is 7.09. The Kier molecular flexibility index (Phi) is 7.96. The van der Waals surface area contributed by atoms with Gasteiger partial charge in [-0.05, 0) is 58.5 Å². The van der Waals surface area contributed by atoms with E-state index < -0.39 is 0 Å². The van der Waals surface area contributed by atoms with Crippen LogP contribution in [0.25, 0.3) is 11.1 Å². The maximum Gasteiger partial charge on any atom is 0.224 e. The molecule has 0 unspecified atom stereocenters. The van der Waals surface area contributed by atoms with Crippen LogP contribution in [0.1, 0.15) is 46.8 Å². The first-order valence-electron chi connectivity index (χ1n) is 10.7. The first-order chi connectivity index (χ1) is 14.9. The lowest BCUT2D eigenvalue weighted by Gasteiger charge is -2.21. The minimum atomic E-state index is -0.0160. The van der Waals surface area contributed by atoms with Crippen LogP contribution in [0.2, 0.25) is 0 Å². The van der Waals surface area contributed by atoms with Crippen molar-refractivity contribution in [2.24, 2.45) is 17.4 Å². The van der Waals surface area contributed by atoms with Crippen molar-refractivity contribution >= 4 is 17.2 Å². The van der Waals surface area contributed by atoms with Crippen molar-refractivity contribution < 1.29 is 4.79 Å². The molecule has 5 nitrogen and oxygen atoms in total. The topological polar surface area (TPSA) is 94.0 Å². The van der Waals surface area contributed by atoms with Crippen molar-refractivity contribution in [2.75, 3.05) is 0 Å². The number of pyridine rings is 1. The summed E-state index contributed by atoms with van der Waals surface area (Å²) in [6.07, 6.45) is 1.12. The lowest BCUT2D eigenvalue weighted by molar-refractivity contribution is -0.120. The Balaban J connectivity index is 2.02. The summed E-state index contributed by atoms with van der Waals surface area (Å²) in [4.78, 5) is 18.8. The van der Waals surface area contributed by atoms with Gasteiger partial charge in [-0.15, -0.1) is 11.3 Å². The van der Waals surface area contributed by atoms with E-state index >= 15 is 0 Å². The Labute approximate surface area is 188 Å². The molecule has 2 aromatic heterocycles. The third-order valence-corrected chi connectivity index (χ3v) is 6.23. The van der Waals surface area contributed by atoms with E-state index in [4.69, 9.17) is 16.5 Å². The summed E-state index contributed by atoms with van der Waals surface area (Å²) in [6.45, 7) is 7.77. The standard InChI is InChI=1S/C25H32N4OS/c1-16(2)11-23-22(14-27)25(19-8-6-18(13-26)7-9-19)21(17(3)29-23)12-24(30)28-15-20-5-4-10-31-20/h4-10,16H,11-15,26-27H2,1-3H3,(H,28,30). The number of amides is 1. The van der Waals surface area contributed by atoms with Crippen LogP contribution < -0.4 is 16.8 Å². The van der Waals surface area contributed by atoms with Crippen molar-refractivity contribution in [3.63, 3.8) is 0 Å². The molecule has 5 N–H and O–H groups in total. The molecule has 31 heavy (non-hydrogen) atoms. The highest BCUT2D eigenvalue weighted by Crippen LogP contribution is 2.33. The summed E-state index contributed by atoms with van der Waals surface area (Å²) in [6, 6.07) is 12.2. The predicted octanol–water partition coefficient (Wildman–Crippen LogP) is 4.09. The van der Waals surface area contributed by atoms with Gasteiger partial charge in [-0.1, -0.05) is 44.2 Å². The number of benzene rings is 1. The van der Waals surface area contributed by atoms with Gasteiger partial charge in [-0.25, -0.2) is 0 Å². The first-order valence-corrected chi connectivity index (χ1v) is 11.6. The van der Waals surface area contributed by atoms with Crippen LogP contribution in [0.3, 0.4) is 0 Å². The molecule has 0 bridgehead atoms. The number of carbonyl (C=O) groups is 1. The average Bonchev–Trinajstić information content (AvgIpc) is 3.27. The second-order valence-corrected chi connectivity index (χ2v) is 9.24. The Hall–Kier alpha value is -2.54. The zero-order valence-electron chi connectivity index (χ0n) is 18.6. The first kappa shape index (κ1) is 23.1. The van der Waals surface area contributed by atoms with Crippen LogP contribution in [0.4, 0.5) is 0 Å². The Morgan fingerprint density at radius 1 is 1.10 bits per heavy atom. The molecule has 3 rings (SSSR count). The Morgan fingerprint density at radius 3 is 2.42 bits per heavy atom. The number of nitrogens with two attached hydrogens (primary N) is 2. The molecule has 6 heteroatoms. The molecule has 0 aliphatic heterocycles. The van der Waals surface area contributed by atoms with Gasteiger partial charge in [0.1, 0.15) is 0 Å². The monoisotopic (exact) mass is 436 g/mol. The highest BCUT2D eigenvalue weighted by Gasteiger charge is 2.21. The third-order valence-electron chi connectivity index (χ3n) is 5.35. The fraction of sp³-hybridized carbons (Fsp3) is 0.360. The minimum Gasteiger partial charge on any atom is -0.351 e. The number of rotatable bonds is 9. The average molecular weight is 437 g/mol. The summed E-state index contributed by atoms with van der Waals surface area (Å²) in [7, 11) is 0. The van der Waals surface area contributed by atoms with Gasteiger partial charge in [-0.2, -0.15) is 0 Å². The number of thiophene rings is 1. The van der Waals surface area contributed by atoms with Crippen molar-refractivity contribution in [3.8, 4) is 11.1 Å². The van der Waals surface area contributed by atoms with Crippen LogP contribution >= 0.6 is 11.3 Å². The summed E-state index contributed by atoms with van der Waals surface area (Å²) >= 11 is 1.64. The normalized spacial score (nSPS) is 11.2. The Morgan fingerprint density at radius 2 is 1.84 bits per heavy atom. The fourth-order valence-corrected chi connectivity index (χ4v) is 4.46. The number of carbonyl (C=O) groups excluding carboxylic acids is 1. The van der Waals surface area contributed by atoms with E-state index in [-0.39, 0.29) is 12.3 Å². The highest BCUT2D eigenvalue weighted by atomic mass is 32.1. The van der Waals surface area contributed by atoms with E-state index in [2.05, 4.69) is 31.3 Å². The molecular formula is C25H32N4OS. The zero-order valence-corrected chi connectivity index (χ0v) is 19.4. The molecule has 0 spiro atoms. The fourth-order valence-electron chi connectivity index (χ4n) is 3.81. The quantitative estimate of drug-likeness (QED) is 0.471. The molecule has 1 aromatic carbocycles. The van der Waals surface area contributed by atoms with Gasteiger partial charge in [0.05, 0.1) is 13.0 Å². The predicted molar refractivity (Wildman–Crippen MR) is 129 cm³/mol. The van der Waals surface area contributed by atoms with Crippen LogP contribution in [-0.2, 0) is 37.3 Å². The van der Waals surface area contributed by atoms with Crippen molar-refractivity contribution in [3.05, 3.63) is 74.7 Å². The second-order valence-electron chi connectivity index (χ2n) is 8.21. The van der Waals surface area contributed by atoms with Crippen LogP contribution in [0, 0.1) is 12.8 Å². The van der Waals surface area contributed by atoms with E-state index in [0.29, 0.717) is 25.6 Å². The van der Waals surface area contributed by atoms with Crippen LogP contribution in [0.5, 0.6) is 0 Å². The van der Waals surface area contributed by atoms with Gasteiger partial charge < -0.3 is 16.8 Å². The number of aryl methyl sites for hydroxylation is 1. The molecule has 0 aliphatic rings. The zero-order chi connectivity index (χ0) is 22.4. The molecule has 1 amide bonds. The summed E-state index contributed by atoms with van der Waals surface area (Å²) in [5.74, 6) is 0.447. The molecule has 0 aliphatic carbocycles. The molecule has 0 saturated heterocycles. The van der Waals surface area contributed by atoms with Crippen molar-refractivity contribution in [2.45, 2.75) is 53.2 Å². The van der Waals surface area contributed by atoms with E-state index in [9.17, 15) is 4.79 Å². The maximum absolute atomic E-state index is 12.8. The van der Waals surface area contributed by atoms with Gasteiger partial charge in [0.2, 0.25) is 5.91 Å². The van der Waals surface area contributed by atoms with Crippen molar-refractivity contribution in [1.82, 2.24) is 10.3 Å². The number of nitrogens with zero attached hydrogens (tertiary/aromatic N) is 1. The molecule has 0 atom stereocenters. The molecule has 164 valence electrons. The second kappa shape index (κ2) is 10.7. The minimum absolute atomic E-state index is 0.0160. The third kappa shape index (κ3) is 5.79. The lowest BCUT2D eigenvalue weighted by atomic mass is 9.88. The van der Waals surface area contributed by atoms with Crippen LogP contribution in [-0.4, -0.2) is 10.9 Å².